The smallest absolute Gasteiger partial charge is 0.319 e. The van der Waals surface area contributed by atoms with Gasteiger partial charge < -0.3 is 14.8 Å². The fourth-order valence-corrected chi connectivity index (χ4v) is 1.68. The Morgan fingerprint density at radius 3 is 2.84 bits per heavy atom. The van der Waals surface area contributed by atoms with Crippen LogP contribution in [0.3, 0.4) is 0 Å². The largest absolute Gasteiger partial charge is 0.467 e. The average molecular weight is 280 g/mol. The van der Waals surface area contributed by atoms with Crippen molar-refractivity contribution < 1.29 is 9.47 Å². The quantitative estimate of drug-likeness (QED) is 0.912. The highest BCUT2D eigenvalue weighted by atomic mass is 35.5. The van der Waals surface area contributed by atoms with Crippen LogP contribution >= 0.6 is 11.6 Å². The van der Waals surface area contributed by atoms with E-state index >= 15 is 0 Å². The molecule has 0 aliphatic carbocycles. The van der Waals surface area contributed by atoms with Crippen LogP contribution in [-0.4, -0.2) is 24.1 Å². The molecule has 1 N–H and O–H groups in total. The minimum absolute atomic E-state index is 0.213. The summed E-state index contributed by atoms with van der Waals surface area (Å²) in [6.45, 7) is 0.690. The molecule has 0 radical (unpaired) electrons. The second-order valence-corrected chi connectivity index (χ2v) is 4.16. The van der Waals surface area contributed by atoms with E-state index in [1.165, 1.54) is 13.3 Å². The Morgan fingerprint density at radius 1 is 1.32 bits per heavy atom. The van der Waals surface area contributed by atoms with Crippen molar-refractivity contribution in [3.63, 3.8) is 0 Å². The van der Waals surface area contributed by atoms with Crippen molar-refractivity contribution in [2.24, 2.45) is 0 Å². The van der Waals surface area contributed by atoms with Gasteiger partial charge in [0.25, 0.3) is 0 Å². The van der Waals surface area contributed by atoms with Crippen molar-refractivity contribution in [1.29, 1.82) is 0 Å². The molecule has 0 unspecified atom stereocenters. The molecule has 1 aromatic heterocycles. The Hall–Kier alpha value is -1.85. The number of aromatic nitrogens is 2. The molecule has 6 heteroatoms. The monoisotopic (exact) mass is 279 g/mol. The summed E-state index contributed by atoms with van der Waals surface area (Å²) in [4.78, 5) is 7.98. The highest BCUT2D eigenvalue weighted by molar-refractivity contribution is 6.31. The normalized spacial score (nSPS) is 10.3. The zero-order valence-electron chi connectivity index (χ0n) is 10.7. The molecule has 0 atom stereocenters. The third kappa shape index (κ3) is 3.33. The molecule has 2 rings (SSSR count). The molecule has 5 nitrogen and oxygen atoms in total. The lowest BCUT2D eigenvalue weighted by Gasteiger charge is -2.11. The van der Waals surface area contributed by atoms with Gasteiger partial charge in [-0.1, -0.05) is 29.8 Å². The number of halogens is 1. The maximum Gasteiger partial charge on any atom is 0.319 e. The molecule has 1 aromatic carbocycles. The number of hydrogen-bond acceptors (Lipinski definition) is 5. The van der Waals surface area contributed by atoms with Gasteiger partial charge in [0.05, 0.1) is 13.3 Å². The minimum atomic E-state index is 0.213. The second-order valence-electron chi connectivity index (χ2n) is 3.75. The number of rotatable bonds is 5. The molecule has 1 heterocycles. The van der Waals surface area contributed by atoms with E-state index in [2.05, 4.69) is 15.3 Å². The third-order valence-corrected chi connectivity index (χ3v) is 2.68. The van der Waals surface area contributed by atoms with Crippen molar-refractivity contribution in [3.05, 3.63) is 41.0 Å². The molecule has 0 amide bonds. The molecule has 2 aromatic rings. The SMILES string of the molecule is CNCc1ccccc1Oc1nc(OC)ncc1Cl. The Morgan fingerprint density at radius 2 is 2.11 bits per heavy atom. The minimum Gasteiger partial charge on any atom is -0.467 e. The molecule has 0 spiro atoms. The predicted octanol–water partition coefficient (Wildman–Crippen LogP) is 2.65. The maximum atomic E-state index is 6.01. The molecule has 0 saturated carbocycles. The van der Waals surface area contributed by atoms with Gasteiger partial charge in [-0.3, -0.25) is 0 Å². The van der Waals surface area contributed by atoms with Gasteiger partial charge in [-0.2, -0.15) is 4.98 Å². The van der Waals surface area contributed by atoms with Crippen LogP contribution in [0.4, 0.5) is 0 Å². The molecular weight excluding hydrogens is 266 g/mol. The van der Waals surface area contributed by atoms with E-state index in [9.17, 15) is 0 Å². The Bertz CT molecular complexity index is 563. The van der Waals surface area contributed by atoms with Crippen LogP contribution in [-0.2, 0) is 6.54 Å². The van der Waals surface area contributed by atoms with E-state index in [1.54, 1.807) is 0 Å². The fourth-order valence-electron chi connectivity index (χ4n) is 1.55. The van der Waals surface area contributed by atoms with Crippen LogP contribution in [0.15, 0.2) is 30.5 Å². The van der Waals surface area contributed by atoms with Crippen LogP contribution in [0, 0.1) is 0 Å². The van der Waals surface area contributed by atoms with Crippen LogP contribution < -0.4 is 14.8 Å². The average Bonchev–Trinajstić information content (AvgIpc) is 2.43. The van der Waals surface area contributed by atoms with Crippen LogP contribution in [0.25, 0.3) is 0 Å². The standard InChI is InChI=1S/C13H14ClN3O2/c1-15-7-9-5-3-4-6-11(9)19-12-10(14)8-16-13(17-12)18-2/h3-6,8,15H,7H2,1-2H3. The number of nitrogens with one attached hydrogen (secondary N) is 1. The highest BCUT2D eigenvalue weighted by Crippen LogP contribution is 2.29. The first-order valence-corrected chi connectivity index (χ1v) is 6.09. The lowest BCUT2D eigenvalue weighted by molar-refractivity contribution is 0.365. The van der Waals surface area contributed by atoms with Crippen LogP contribution in [0.1, 0.15) is 5.56 Å². The van der Waals surface area contributed by atoms with Crippen LogP contribution in [0.2, 0.25) is 5.02 Å². The van der Waals surface area contributed by atoms with Gasteiger partial charge in [0.15, 0.2) is 0 Å². The summed E-state index contributed by atoms with van der Waals surface area (Å²) in [5, 5.41) is 3.41. The molecule has 0 saturated heterocycles. The molecule has 0 fully saturated rings. The number of hydrogen-bond donors (Lipinski definition) is 1. The van der Waals surface area contributed by atoms with Crippen LogP contribution in [0.5, 0.6) is 17.6 Å². The van der Waals surface area contributed by atoms with Gasteiger partial charge in [-0.25, -0.2) is 4.98 Å². The van der Waals surface area contributed by atoms with E-state index in [0.29, 0.717) is 17.3 Å². The molecule has 0 bridgehead atoms. The Labute approximate surface area is 116 Å². The summed E-state index contributed by atoms with van der Waals surface area (Å²) in [7, 11) is 3.36. The highest BCUT2D eigenvalue weighted by Gasteiger charge is 2.10. The first-order valence-electron chi connectivity index (χ1n) is 5.71. The number of nitrogens with zero attached hydrogens (tertiary/aromatic N) is 2. The first-order chi connectivity index (χ1) is 9.24. The summed E-state index contributed by atoms with van der Waals surface area (Å²) in [6.07, 6.45) is 1.45. The Kier molecular flexibility index (Phi) is 4.54. The van der Waals surface area contributed by atoms with Gasteiger partial charge in [0.2, 0.25) is 5.88 Å². The van der Waals surface area contributed by atoms with Gasteiger partial charge in [0.1, 0.15) is 10.8 Å². The zero-order chi connectivity index (χ0) is 13.7. The van der Waals surface area contributed by atoms with Crippen molar-refractivity contribution >= 4 is 11.6 Å². The molecule has 100 valence electrons. The van der Waals surface area contributed by atoms with E-state index in [0.717, 1.165) is 5.56 Å². The van der Waals surface area contributed by atoms with Crippen molar-refractivity contribution in [3.8, 4) is 17.6 Å². The maximum absolute atomic E-state index is 6.01. The van der Waals surface area contributed by atoms with E-state index < -0.39 is 0 Å². The van der Waals surface area contributed by atoms with Crippen molar-refractivity contribution in [2.45, 2.75) is 6.54 Å². The predicted molar refractivity (Wildman–Crippen MR) is 72.9 cm³/mol. The third-order valence-electron chi connectivity index (χ3n) is 2.42. The van der Waals surface area contributed by atoms with Gasteiger partial charge >= 0.3 is 6.01 Å². The molecule has 0 aliphatic rings. The molecule has 0 aliphatic heterocycles. The van der Waals surface area contributed by atoms with E-state index in [1.807, 2.05) is 31.3 Å². The summed E-state index contributed by atoms with van der Waals surface area (Å²) >= 11 is 6.01. The van der Waals surface area contributed by atoms with Crippen molar-refractivity contribution in [2.75, 3.05) is 14.2 Å². The van der Waals surface area contributed by atoms with Gasteiger partial charge in [-0.05, 0) is 13.1 Å². The summed E-state index contributed by atoms with van der Waals surface area (Å²) in [5.74, 6) is 0.969. The molecular formula is C13H14ClN3O2. The first kappa shape index (κ1) is 13.6. The number of methoxy groups -OCH3 is 1. The Balaban J connectivity index is 2.30. The summed E-state index contributed by atoms with van der Waals surface area (Å²) in [5.41, 5.74) is 1.01. The fraction of sp³-hybridized carbons (Fsp3) is 0.231. The number of para-hydroxylation sites is 1. The topological polar surface area (TPSA) is 56.3 Å². The zero-order valence-corrected chi connectivity index (χ0v) is 11.4. The number of ether oxygens (including phenoxy) is 2. The lowest BCUT2D eigenvalue weighted by atomic mass is 10.2. The number of benzene rings is 1. The van der Waals surface area contributed by atoms with Crippen molar-refractivity contribution in [1.82, 2.24) is 15.3 Å². The lowest BCUT2D eigenvalue weighted by Crippen LogP contribution is -2.06. The van der Waals surface area contributed by atoms with E-state index in [-0.39, 0.29) is 11.9 Å². The summed E-state index contributed by atoms with van der Waals surface area (Å²) < 4.78 is 10.7. The second kappa shape index (κ2) is 6.36. The van der Waals surface area contributed by atoms with E-state index in [4.69, 9.17) is 21.1 Å². The molecule has 19 heavy (non-hydrogen) atoms. The van der Waals surface area contributed by atoms with Gasteiger partial charge in [-0.15, -0.1) is 0 Å². The van der Waals surface area contributed by atoms with Gasteiger partial charge in [0, 0.05) is 12.1 Å². The summed E-state index contributed by atoms with van der Waals surface area (Å²) in [6, 6.07) is 7.88.